The molecular weight excluding hydrogens is 500 g/mol. The van der Waals surface area contributed by atoms with Gasteiger partial charge in [0.25, 0.3) is 5.91 Å². The summed E-state index contributed by atoms with van der Waals surface area (Å²) >= 11 is 0. The molecule has 1 aliphatic heterocycles. The van der Waals surface area contributed by atoms with E-state index in [2.05, 4.69) is 10.0 Å². The first-order valence-electron chi connectivity index (χ1n) is 11.8. The van der Waals surface area contributed by atoms with Crippen LogP contribution in [0.1, 0.15) is 24.2 Å². The van der Waals surface area contributed by atoms with Crippen molar-refractivity contribution in [3.63, 3.8) is 0 Å². The Morgan fingerprint density at radius 1 is 1.24 bits per heavy atom. The molecule has 0 saturated carbocycles. The molecule has 2 aromatic rings. The Bertz CT molecular complexity index is 1220. The van der Waals surface area contributed by atoms with E-state index in [4.69, 9.17) is 9.47 Å². The number of benzene rings is 2. The van der Waals surface area contributed by atoms with Crippen LogP contribution < -0.4 is 19.5 Å². The van der Waals surface area contributed by atoms with E-state index in [9.17, 15) is 23.1 Å². The normalized spacial score (nSPS) is 18.5. The SMILES string of the molecule is COc1ccc(NC(=O)N(C)C[C@H]2Oc3ccc(NS(C)(=O)=O)cc3C(=O)N([C@H](C)CO)C[C@@H]2C)cc1. The number of hydrogen-bond donors (Lipinski definition) is 3. The summed E-state index contributed by atoms with van der Waals surface area (Å²) in [6, 6.07) is 10.6. The number of nitrogens with zero attached hydrogens (tertiary/aromatic N) is 2. The minimum Gasteiger partial charge on any atom is -0.497 e. The van der Waals surface area contributed by atoms with Crippen molar-refractivity contribution in [1.29, 1.82) is 0 Å². The first-order valence-corrected chi connectivity index (χ1v) is 13.7. The molecular formula is C25H34N4O7S. The Labute approximate surface area is 217 Å². The average Bonchev–Trinajstić information content (AvgIpc) is 2.85. The van der Waals surface area contributed by atoms with E-state index in [0.717, 1.165) is 6.26 Å². The Balaban J connectivity index is 1.86. The number of nitrogens with one attached hydrogen (secondary N) is 2. The molecule has 0 radical (unpaired) electrons. The fourth-order valence-corrected chi connectivity index (χ4v) is 4.52. The molecule has 0 saturated heterocycles. The number of hydrogen-bond acceptors (Lipinski definition) is 7. The lowest BCUT2D eigenvalue weighted by Gasteiger charge is -2.38. The number of carbonyl (C=O) groups is 2. The summed E-state index contributed by atoms with van der Waals surface area (Å²) in [6.45, 7) is 3.87. The maximum absolute atomic E-state index is 13.4. The number of ether oxygens (including phenoxy) is 2. The lowest BCUT2D eigenvalue weighted by Crippen LogP contribution is -2.50. The number of likely N-dealkylation sites (N-methyl/N-ethyl adjacent to an activating group) is 1. The minimum atomic E-state index is -3.56. The van der Waals surface area contributed by atoms with E-state index in [0.29, 0.717) is 11.4 Å². The number of anilines is 2. The largest absolute Gasteiger partial charge is 0.497 e. The van der Waals surface area contributed by atoms with Crippen LogP contribution in [0.15, 0.2) is 42.5 Å². The third kappa shape index (κ3) is 7.26. The van der Waals surface area contributed by atoms with Crippen molar-refractivity contribution in [1.82, 2.24) is 9.80 Å². The van der Waals surface area contributed by atoms with Crippen molar-refractivity contribution < 1.29 is 32.6 Å². The lowest BCUT2D eigenvalue weighted by molar-refractivity contribution is 0.0371. The van der Waals surface area contributed by atoms with Crippen LogP contribution in [0.25, 0.3) is 0 Å². The summed E-state index contributed by atoms with van der Waals surface area (Å²) < 4.78 is 37.2. The van der Waals surface area contributed by atoms with Gasteiger partial charge >= 0.3 is 6.03 Å². The standard InChI is InChI=1S/C25H34N4O7S/c1-16-13-29(17(2)15-30)24(31)21-12-19(27-37(5,33)34)8-11-22(21)36-23(16)14-28(3)25(32)26-18-6-9-20(35-4)10-7-18/h6-12,16-17,23,27,30H,13-15H2,1-5H3,(H,26,32)/t16-,17+,23+/m0/s1. The molecule has 3 atom stereocenters. The van der Waals surface area contributed by atoms with Crippen LogP contribution in [0, 0.1) is 5.92 Å². The van der Waals surface area contributed by atoms with Crippen molar-refractivity contribution in [3.05, 3.63) is 48.0 Å². The van der Waals surface area contributed by atoms with E-state index >= 15 is 0 Å². The van der Waals surface area contributed by atoms with E-state index in [1.165, 1.54) is 23.1 Å². The zero-order valence-corrected chi connectivity index (χ0v) is 22.4. The molecule has 3 N–H and O–H groups in total. The molecule has 11 nitrogen and oxygen atoms in total. The number of amides is 3. The van der Waals surface area contributed by atoms with E-state index in [-0.39, 0.29) is 54.6 Å². The summed E-state index contributed by atoms with van der Waals surface area (Å²) in [5.41, 5.74) is 0.987. The van der Waals surface area contributed by atoms with Gasteiger partial charge < -0.3 is 29.7 Å². The van der Waals surface area contributed by atoms with Crippen LogP contribution in [-0.4, -0.2) is 87.5 Å². The summed E-state index contributed by atoms with van der Waals surface area (Å²) in [6.07, 6.45) is 0.521. The third-order valence-corrected chi connectivity index (χ3v) is 6.72. The van der Waals surface area contributed by atoms with Gasteiger partial charge in [0, 0.05) is 30.9 Å². The number of aliphatic hydroxyl groups excluding tert-OH is 1. The van der Waals surface area contributed by atoms with Gasteiger partial charge in [-0.15, -0.1) is 0 Å². The maximum Gasteiger partial charge on any atom is 0.321 e. The second kappa shape index (κ2) is 11.7. The van der Waals surface area contributed by atoms with Crippen LogP contribution in [-0.2, 0) is 10.0 Å². The van der Waals surface area contributed by atoms with Crippen LogP contribution in [0.3, 0.4) is 0 Å². The van der Waals surface area contributed by atoms with Gasteiger partial charge in [-0.1, -0.05) is 6.92 Å². The molecule has 0 aromatic heterocycles. The zero-order valence-electron chi connectivity index (χ0n) is 21.6. The molecule has 2 aromatic carbocycles. The second-order valence-electron chi connectivity index (χ2n) is 9.25. The summed E-state index contributed by atoms with van der Waals surface area (Å²) in [4.78, 5) is 29.3. The Kier molecular flexibility index (Phi) is 8.87. The van der Waals surface area contributed by atoms with Crippen molar-refractivity contribution >= 4 is 33.3 Å². The lowest BCUT2D eigenvalue weighted by atomic mass is 9.99. The summed E-state index contributed by atoms with van der Waals surface area (Å²) in [5.74, 6) is 0.355. The van der Waals surface area contributed by atoms with Gasteiger partial charge in [-0.25, -0.2) is 13.2 Å². The van der Waals surface area contributed by atoms with Gasteiger partial charge in [0.15, 0.2) is 0 Å². The fourth-order valence-electron chi connectivity index (χ4n) is 3.96. The van der Waals surface area contributed by atoms with Gasteiger partial charge in [0.2, 0.25) is 10.0 Å². The number of urea groups is 1. The van der Waals surface area contributed by atoms with Gasteiger partial charge in [-0.3, -0.25) is 9.52 Å². The van der Waals surface area contributed by atoms with Crippen molar-refractivity contribution in [2.45, 2.75) is 26.0 Å². The summed E-state index contributed by atoms with van der Waals surface area (Å²) in [7, 11) is -0.351. The monoisotopic (exact) mass is 534 g/mol. The molecule has 0 spiro atoms. The maximum atomic E-state index is 13.4. The highest BCUT2D eigenvalue weighted by molar-refractivity contribution is 7.92. The topological polar surface area (TPSA) is 138 Å². The molecule has 1 heterocycles. The van der Waals surface area contributed by atoms with Gasteiger partial charge in [-0.2, -0.15) is 0 Å². The molecule has 0 unspecified atom stereocenters. The minimum absolute atomic E-state index is 0.163. The Hall–Kier alpha value is -3.51. The number of rotatable bonds is 8. The predicted molar refractivity (Wildman–Crippen MR) is 141 cm³/mol. The zero-order chi connectivity index (χ0) is 27.3. The highest BCUT2D eigenvalue weighted by Gasteiger charge is 2.34. The van der Waals surface area contributed by atoms with Gasteiger partial charge in [-0.05, 0) is 49.4 Å². The van der Waals surface area contributed by atoms with Gasteiger partial charge in [0.1, 0.15) is 17.6 Å². The number of fused-ring (bicyclic) bond motifs is 1. The van der Waals surface area contributed by atoms with Gasteiger partial charge in [0.05, 0.1) is 38.1 Å². The van der Waals surface area contributed by atoms with E-state index in [1.807, 2.05) is 6.92 Å². The molecule has 202 valence electrons. The van der Waals surface area contributed by atoms with Crippen molar-refractivity contribution in [2.24, 2.45) is 5.92 Å². The molecule has 37 heavy (non-hydrogen) atoms. The van der Waals surface area contributed by atoms with E-state index < -0.39 is 22.2 Å². The highest BCUT2D eigenvalue weighted by atomic mass is 32.2. The Morgan fingerprint density at radius 3 is 2.49 bits per heavy atom. The third-order valence-electron chi connectivity index (χ3n) is 6.11. The van der Waals surface area contributed by atoms with Crippen LogP contribution in [0.2, 0.25) is 0 Å². The van der Waals surface area contributed by atoms with E-state index in [1.54, 1.807) is 50.2 Å². The average molecular weight is 535 g/mol. The van der Waals surface area contributed by atoms with Crippen molar-refractivity contribution in [3.8, 4) is 11.5 Å². The predicted octanol–water partition coefficient (Wildman–Crippen LogP) is 2.45. The highest BCUT2D eigenvalue weighted by Crippen LogP contribution is 2.31. The number of aliphatic hydroxyl groups is 1. The molecule has 1 aliphatic rings. The van der Waals surface area contributed by atoms with Crippen LogP contribution in [0.4, 0.5) is 16.2 Å². The fraction of sp³-hybridized carbons (Fsp3) is 0.440. The van der Waals surface area contributed by atoms with Crippen molar-refractivity contribution in [2.75, 3.05) is 50.1 Å². The molecule has 3 amide bonds. The van der Waals surface area contributed by atoms with Crippen LogP contribution in [0.5, 0.6) is 11.5 Å². The molecule has 0 fully saturated rings. The molecule has 12 heteroatoms. The molecule has 0 bridgehead atoms. The number of sulfonamides is 1. The molecule has 3 rings (SSSR count). The first-order chi connectivity index (χ1) is 17.4. The Morgan fingerprint density at radius 2 is 1.89 bits per heavy atom. The molecule has 0 aliphatic carbocycles. The quantitative estimate of drug-likeness (QED) is 0.473. The summed E-state index contributed by atoms with van der Waals surface area (Å²) in [5, 5.41) is 12.6. The van der Waals surface area contributed by atoms with Crippen LogP contribution >= 0.6 is 0 Å². The smallest absolute Gasteiger partial charge is 0.321 e. The second-order valence-corrected chi connectivity index (χ2v) is 11.0. The number of methoxy groups -OCH3 is 1. The number of carbonyl (C=O) groups excluding carboxylic acids is 2. The first kappa shape index (κ1) is 28.1.